The molecule has 144 valence electrons. The zero-order chi connectivity index (χ0) is 18.9. The average molecular weight is 368 g/mol. The normalized spacial score (nSPS) is 16.1. The molecule has 2 aromatic rings. The van der Waals surface area contributed by atoms with Crippen LogP contribution in [0.25, 0.3) is 0 Å². The van der Waals surface area contributed by atoms with Crippen LogP contribution < -0.4 is 4.74 Å². The molecule has 1 heterocycles. The molecular formula is C22H28N2O3. The van der Waals surface area contributed by atoms with E-state index in [1.165, 1.54) is 5.56 Å². The largest absolute Gasteiger partial charge is 0.492 e. The standard InChI is InChI=1S/C22H28N2O3/c1-26-17-12-22(25)24-15-13-23(14-16-24)21(19-8-4-2-5-9-19)18-27-20-10-6-3-7-11-20/h2-11,21H,12-18H2,1H3. The smallest absolute Gasteiger partial charge is 0.224 e. The molecule has 2 aromatic carbocycles. The van der Waals surface area contributed by atoms with Gasteiger partial charge in [-0.25, -0.2) is 0 Å². The summed E-state index contributed by atoms with van der Waals surface area (Å²) in [6.07, 6.45) is 0.454. The number of para-hydroxylation sites is 1. The number of amides is 1. The number of hydrogen-bond donors (Lipinski definition) is 0. The minimum Gasteiger partial charge on any atom is -0.492 e. The van der Waals surface area contributed by atoms with Gasteiger partial charge in [0.15, 0.2) is 0 Å². The molecule has 0 aromatic heterocycles. The number of rotatable bonds is 8. The molecule has 1 amide bonds. The van der Waals surface area contributed by atoms with Gasteiger partial charge >= 0.3 is 0 Å². The molecule has 5 heteroatoms. The van der Waals surface area contributed by atoms with Crippen LogP contribution in [0, 0.1) is 0 Å². The van der Waals surface area contributed by atoms with Gasteiger partial charge in [-0.15, -0.1) is 0 Å². The summed E-state index contributed by atoms with van der Waals surface area (Å²) in [5, 5.41) is 0. The van der Waals surface area contributed by atoms with Crippen LogP contribution in [-0.4, -0.2) is 62.2 Å². The van der Waals surface area contributed by atoms with E-state index in [1.807, 2.05) is 41.3 Å². The van der Waals surface area contributed by atoms with Crippen molar-refractivity contribution in [3.8, 4) is 5.75 Å². The van der Waals surface area contributed by atoms with Crippen LogP contribution >= 0.6 is 0 Å². The van der Waals surface area contributed by atoms with Gasteiger partial charge in [-0.05, 0) is 17.7 Å². The minimum atomic E-state index is 0.169. The highest BCUT2D eigenvalue weighted by Gasteiger charge is 2.27. The number of carbonyl (C=O) groups excluding carboxylic acids is 1. The second kappa shape index (κ2) is 10.1. The lowest BCUT2D eigenvalue weighted by Gasteiger charge is -2.39. The van der Waals surface area contributed by atoms with Gasteiger partial charge in [0.05, 0.1) is 19.1 Å². The Hall–Kier alpha value is -2.37. The molecule has 5 nitrogen and oxygen atoms in total. The fraction of sp³-hybridized carbons (Fsp3) is 0.409. The molecule has 1 atom stereocenters. The number of benzene rings is 2. The molecule has 0 aliphatic carbocycles. The first-order valence-electron chi connectivity index (χ1n) is 9.51. The van der Waals surface area contributed by atoms with Gasteiger partial charge in [0, 0.05) is 33.3 Å². The molecule has 0 saturated carbocycles. The van der Waals surface area contributed by atoms with Crippen molar-refractivity contribution >= 4 is 5.91 Å². The zero-order valence-electron chi connectivity index (χ0n) is 15.9. The first-order chi connectivity index (χ1) is 13.3. The molecule has 0 N–H and O–H groups in total. The summed E-state index contributed by atoms with van der Waals surface area (Å²) in [5.74, 6) is 1.06. The van der Waals surface area contributed by atoms with E-state index in [4.69, 9.17) is 9.47 Å². The van der Waals surface area contributed by atoms with Crippen LogP contribution in [0.4, 0.5) is 0 Å². The highest BCUT2D eigenvalue weighted by atomic mass is 16.5. The summed E-state index contributed by atoms with van der Waals surface area (Å²) < 4.78 is 11.1. The van der Waals surface area contributed by atoms with Gasteiger partial charge in [0.1, 0.15) is 12.4 Å². The molecule has 1 fully saturated rings. The van der Waals surface area contributed by atoms with Crippen molar-refractivity contribution < 1.29 is 14.3 Å². The Kier molecular flexibility index (Phi) is 7.25. The van der Waals surface area contributed by atoms with Gasteiger partial charge in [-0.3, -0.25) is 9.69 Å². The zero-order valence-corrected chi connectivity index (χ0v) is 15.9. The van der Waals surface area contributed by atoms with Crippen LogP contribution in [-0.2, 0) is 9.53 Å². The number of piperazine rings is 1. The van der Waals surface area contributed by atoms with Crippen LogP contribution in [0.3, 0.4) is 0 Å². The van der Waals surface area contributed by atoms with Gasteiger partial charge in [0.25, 0.3) is 0 Å². The molecule has 3 rings (SSSR count). The summed E-state index contributed by atoms with van der Waals surface area (Å²) in [5.41, 5.74) is 1.24. The van der Waals surface area contributed by atoms with E-state index in [0.717, 1.165) is 31.9 Å². The third-order valence-electron chi connectivity index (χ3n) is 4.96. The topological polar surface area (TPSA) is 42.0 Å². The lowest BCUT2D eigenvalue weighted by molar-refractivity contribution is -0.134. The first-order valence-corrected chi connectivity index (χ1v) is 9.51. The number of hydrogen-bond acceptors (Lipinski definition) is 4. The SMILES string of the molecule is COCCC(=O)N1CCN(C(COc2ccccc2)c2ccccc2)CC1. The third-order valence-corrected chi connectivity index (χ3v) is 4.96. The van der Waals surface area contributed by atoms with Gasteiger partial charge in [-0.1, -0.05) is 48.5 Å². The molecule has 1 unspecified atom stereocenters. The maximum atomic E-state index is 12.2. The predicted molar refractivity (Wildman–Crippen MR) is 106 cm³/mol. The van der Waals surface area contributed by atoms with E-state index >= 15 is 0 Å². The molecule has 1 aliphatic heterocycles. The van der Waals surface area contributed by atoms with E-state index in [9.17, 15) is 4.79 Å². The maximum absolute atomic E-state index is 12.2. The van der Waals surface area contributed by atoms with E-state index in [-0.39, 0.29) is 11.9 Å². The molecule has 0 radical (unpaired) electrons. The van der Waals surface area contributed by atoms with Crippen molar-refractivity contribution in [2.45, 2.75) is 12.5 Å². The van der Waals surface area contributed by atoms with E-state index < -0.39 is 0 Å². The second-order valence-corrected chi connectivity index (χ2v) is 6.71. The molecule has 1 saturated heterocycles. The Labute approximate surface area is 161 Å². The van der Waals surface area contributed by atoms with Gasteiger partial charge in [0.2, 0.25) is 5.91 Å². The van der Waals surface area contributed by atoms with Crippen LogP contribution in [0.1, 0.15) is 18.0 Å². The van der Waals surface area contributed by atoms with Crippen molar-refractivity contribution in [1.82, 2.24) is 9.80 Å². The van der Waals surface area contributed by atoms with Crippen LogP contribution in [0.15, 0.2) is 60.7 Å². The third kappa shape index (κ3) is 5.55. The van der Waals surface area contributed by atoms with Crippen molar-refractivity contribution in [1.29, 1.82) is 0 Å². The van der Waals surface area contributed by atoms with Crippen molar-refractivity contribution in [3.05, 3.63) is 66.2 Å². The maximum Gasteiger partial charge on any atom is 0.224 e. The molecular weight excluding hydrogens is 340 g/mol. The number of methoxy groups -OCH3 is 1. The van der Waals surface area contributed by atoms with Crippen molar-refractivity contribution in [2.75, 3.05) is 46.5 Å². The van der Waals surface area contributed by atoms with E-state index in [2.05, 4.69) is 29.2 Å². The Morgan fingerprint density at radius 2 is 1.59 bits per heavy atom. The minimum absolute atomic E-state index is 0.169. The highest BCUT2D eigenvalue weighted by Crippen LogP contribution is 2.24. The molecule has 27 heavy (non-hydrogen) atoms. The molecule has 1 aliphatic rings. The van der Waals surface area contributed by atoms with Crippen molar-refractivity contribution in [3.63, 3.8) is 0 Å². The van der Waals surface area contributed by atoms with Gasteiger partial charge in [-0.2, -0.15) is 0 Å². The van der Waals surface area contributed by atoms with Gasteiger partial charge < -0.3 is 14.4 Å². The lowest BCUT2D eigenvalue weighted by atomic mass is 10.0. The lowest BCUT2D eigenvalue weighted by Crippen LogP contribution is -2.50. The Morgan fingerprint density at radius 1 is 0.963 bits per heavy atom. The number of carbonyl (C=O) groups is 1. The molecule has 0 spiro atoms. The van der Waals surface area contributed by atoms with E-state index in [0.29, 0.717) is 19.6 Å². The molecule has 0 bridgehead atoms. The summed E-state index contributed by atoms with van der Waals surface area (Å²) in [7, 11) is 1.63. The van der Waals surface area contributed by atoms with E-state index in [1.54, 1.807) is 7.11 Å². The number of ether oxygens (including phenoxy) is 2. The first kappa shape index (κ1) is 19.4. The Morgan fingerprint density at radius 3 is 2.22 bits per heavy atom. The summed E-state index contributed by atoms with van der Waals surface area (Å²) >= 11 is 0. The highest BCUT2D eigenvalue weighted by molar-refractivity contribution is 5.76. The quantitative estimate of drug-likeness (QED) is 0.718. The average Bonchev–Trinajstić information content (AvgIpc) is 2.74. The summed E-state index contributed by atoms with van der Waals surface area (Å²) in [6.45, 7) is 4.25. The van der Waals surface area contributed by atoms with Crippen LogP contribution in [0.2, 0.25) is 0 Å². The van der Waals surface area contributed by atoms with Crippen molar-refractivity contribution in [2.24, 2.45) is 0 Å². The summed E-state index contributed by atoms with van der Waals surface area (Å²) in [6, 6.07) is 20.5. The van der Waals surface area contributed by atoms with Crippen LogP contribution in [0.5, 0.6) is 5.75 Å². The fourth-order valence-electron chi connectivity index (χ4n) is 3.41. The second-order valence-electron chi connectivity index (χ2n) is 6.71. The summed E-state index contributed by atoms with van der Waals surface area (Å²) in [4.78, 5) is 16.6. The Balaban J connectivity index is 1.62. The Bertz CT molecular complexity index is 685. The predicted octanol–water partition coefficient (Wildman–Crippen LogP) is 2.99. The number of nitrogens with zero attached hydrogens (tertiary/aromatic N) is 2. The monoisotopic (exact) mass is 368 g/mol. The fourth-order valence-corrected chi connectivity index (χ4v) is 3.41.